The Balaban J connectivity index is 6.96. The molecule has 0 aliphatic rings. The highest BCUT2D eigenvalue weighted by Crippen LogP contribution is 2.42. The van der Waals surface area contributed by atoms with E-state index in [4.69, 9.17) is 33.9 Å². The van der Waals surface area contributed by atoms with Gasteiger partial charge in [-0.15, -0.1) is 0 Å². The minimum Gasteiger partial charge on any atom is -0.467 e. The molecule has 134 valence electrons. The zero-order valence-electron chi connectivity index (χ0n) is 14.9. The number of isothiocyanates is 2. The Morgan fingerprint density at radius 3 is 1.33 bits per heavy atom. The Morgan fingerprint density at radius 1 is 0.875 bits per heavy atom. The number of hydrogen-bond donors (Lipinski definition) is 0. The third-order valence-electron chi connectivity index (χ3n) is 3.61. The summed E-state index contributed by atoms with van der Waals surface area (Å²) in [5, 5.41) is 4.45. The first kappa shape index (κ1) is 22.5. The van der Waals surface area contributed by atoms with Crippen LogP contribution in [-0.2, 0) is 19.1 Å². The number of aliphatic imine (C=N–C) groups is 2. The average Bonchev–Trinajstić information content (AvgIpc) is 2.51. The highest BCUT2D eigenvalue weighted by Gasteiger charge is 2.64. The molecule has 0 heterocycles. The van der Waals surface area contributed by atoms with Crippen LogP contribution in [0.25, 0.3) is 0 Å². The quantitative estimate of drug-likeness (QED) is 0.352. The second kappa shape index (κ2) is 9.74. The van der Waals surface area contributed by atoms with Gasteiger partial charge in [-0.3, -0.25) is 0 Å². The van der Waals surface area contributed by atoms with Crippen LogP contribution in [-0.4, -0.2) is 47.6 Å². The second-order valence-electron chi connectivity index (χ2n) is 6.31. The van der Waals surface area contributed by atoms with Gasteiger partial charge in [0.25, 0.3) is 0 Å². The van der Waals surface area contributed by atoms with E-state index in [1.807, 2.05) is 27.7 Å². The first-order valence-corrected chi connectivity index (χ1v) is 8.34. The van der Waals surface area contributed by atoms with Gasteiger partial charge in [-0.05, 0) is 49.1 Å². The zero-order chi connectivity index (χ0) is 19.0. The molecule has 0 rings (SSSR count). The van der Waals surface area contributed by atoms with Gasteiger partial charge in [0.05, 0.1) is 24.5 Å². The van der Waals surface area contributed by atoms with Crippen molar-refractivity contribution < 1.29 is 19.1 Å². The van der Waals surface area contributed by atoms with Crippen molar-refractivity contribution in [2.75, 3.05) is 14.2 Å². The largest absolute Gasteiger partial charge is 0.467 e. The van der Waals surface area contributed by atoms with E-state index >= 15 is 0 Å². The molecular weight excluding hydrogens is 348 g/mol. The molecule has 0 spiro atoms. The van der Waals surface area contributed by atoms with Gasteiger partial charge in [-0.1, -0.05) is 27.7 Å². The van der Waals surface area contributed by atoms with Gasteiger partial charge in [-0.2, -0.15) is 0 Å². The van der Waals surface area contributed by atoms with Crippen LogP contribution in [0.15, 0.2) is 9.98 Å². The monoisotopic (exact) mass is 372 g/mol. The van der Waals surface area contributed by atoms with E-state index in [-0.39, 0.29) is 24.7 Å². The predicted molar refractivity (Wildman–Crippen MR) is 98.5 cm³/mol. The van der Waals surface area contributed by atoms with E-state index in [0.717, 1.165) is 0 Å². The maximum Gasteiger partial charge on any atom is 0.337 e. The summed E-state index contributed by atoms with van der Waals surface area (Å²) in [6.45, 7) is 7.54. The molecule has 0 aliphatic heterocycles. The third-order valence-corrected chi connectivity index (χ3v) is 3.79. The fourth-order valence-corrected chi connectivity index (χ4v) is 3.20. The number of rotatable bonds is 9. The van der Waals surface area contributed by atoms with Gasteiger partial charge >= 0.3 is 11.9 Å². The van der Waals surface area contributed by atoms with Crippen molar-refractivity contribution in [2.24, 2.45) is 21.8 Å². The second-order valence-corrected chi connectivity index (χ2v) is 6.67. The third kappa shape index (κ3) is 4.54. The molecule has 0 amide bonds. The summed E-state index contributed by atoms with van der Waals surface area (Å²) in [5.41, 5.74) is -3.44. The summed E-state index contributed by atoms with van der Waals surface area (Å²) in [6, 6.07) is 0. The molecule has 0 saturated carbocycles. The number of carbonyl (C=O) groups excluding carboxylic acids is 2. The van der Waals surface area contributed by atoms with Crippen LogP contribution in [0.5, 0.6) is 0 Å². The Labute approximate surface area is 153 Å². The Bertz CT molecular complexity index is 516. The minimum absolute atomic E-state index is 0.0206. The first-order valence-electron chi connectivity index (χ1n) is 7.52. The Hall–Kier alpha value is -1.46. The SMILES string of the molecule is COC(=O)[C@](CC(C)C)(N=C=S)[C@@](CC(C)C)(N=C=S)C(=O)OC. The Morgan fingerprint density at radius 2 is 1.17 bits per heavy atom. The van der Waals surface area contributed by atoms with Crippen molar-refractivity contribution in [3.05, 3.63) is 0 Å². The average molecular weight is 373 g/mol. The summed E-state index contributed by atoms with van der Waals surface area (Å²) < 4.78 is 9.90. The molecule has 6 nitrogen and oxygen atoms in total. The zero-order valence-corrected chi connectivity index (χ0v) is 16.5. The molecule has 0 aromatic heterocycles. The number of esters is 2. The molecule has 0 radical (unpaired) electrons. The summed E-state index contributed by atoms with van der Waals surface area (Å²) in [5.74, 6) is -1.53. The standard InChI is InChI=1S/C16H24N2O4S2/c1-11(2)7-15(17-9-23,13(19)21-5)16(18-10-24,8-12(3)4)14(20)22-6/h11-12H,7-8H2,1-6H3/t15-,16-/m0/s1. The van der Waals surface area contributed by atoms with E-state index in [1.54, 1.807) is 0 Å². The number of hydrogen-bond acceptors (Lipinski definition) is 8. The van der Waals surface area contributed by atoms with E-state index < -0.39 is 23.0 Å². The molecule has 0 saturated heterocycles. The van der Waals surface area contributed by atoms with Crippen molar-refractivity contribution in [3.8, 4) is 0 Å². The first-order chi connectivity index (χ1) is 11.2. The van der Waals surface area contributed by atoms with Crippen LogP contribution in [0, 0.1) is 11.8 Å². The van der Waals surface area contributed by atoms with Crippen LogP contribution >= 0.6 is 24.4 Å². The van der Waals surface area contributed by atoms with Crippen LogP contribution in [0.4, 0.5) is 0 Å². The van der Waals surface area contributed by atoms with E-state index in [0.29, 0.717) is 0 Å². The van der Waals surface area contributed by atoms with Gasteiger partial charge in [-0.25, -0.2) is 19.6 Å². The molecule has 0 unspecified atom stereocenters. The maximum atomic E-state index is 12.8. The summed E-state index contributed by atoms with van der Waals surface area (Å²) in [7, 11) is 2.43. The Kier molecular flexibility index (Phi) is 9.15. The normalized spacial score (nSPS) is 15.5. The number of thiocarbonyl (C=S) groups is 2. The maximum absolute atomic E-state index is 12.8. The van der Waals surface area contributed by atoms with Crippen molar-refractivity contribution in [1.82, 2.24) is 0 Å². The molecule has 0 N–H and O–H groups in total. The van der Waals surface area contributed by atoms with Gasteiger partial charge in [0.1, 0.15) is 0 Å². The van der Waals surface area contributed by atoms with E-state index in [2.05, 4.69) is 20.3 Å². The molecule has 0 bridgehead atoms. The summed E-state index contributed by atoms with van der Waals surface area (Å²) in [6.07, 6.45) is 0.317. The number of carbonyl (C=O) groups is 2. The molecule has 24 heavy (non-hydrogen) atoms. The topological polar surface area (TPSA) is 77.3 Å². The lowest BCUT2D eigenvalue weighted by Crippen LogP contribution is -2.63. The molecular formula is C16H24N2O4S2. The van der Waals surface area contributed by atoms with E-state index in [1.165, 1.54) is 14.2 Å². The highest BCUT2D eigenvalue weighted by molar-refractivity contribution is 7.78. The molecule has 8 heteroatoms. The number of ether oxygens (including phenoxy) is 2. The summed E-state index contributed by atoms with van der Waals surface area (Å²) in [4.78, 5) is 33.7. The van der Waals surface area contributed by atoms with Crippen LogP contribution < -0.4 is 0 Å². The van der Waals surface area contributed by atoms with Gasteiger partial charge in [0.2, 0.25) is 11.1 Å². The van der Waals surface area contributed by atoms with Gasteiger partial charge in [0, 0.05) is 0 Å². The van der Waals surface area contributed by atoms with Crippen molar-refractivity contribution in [3.63, 3.8) is 0 Å². The lowest BCUT2D eigenvalue weighted by molar-refractivity contribution is -0.162. The molecule has 0 fully saturated rings. The van der Waals surface area contributed by atoms with Crippen LogP contribution in [0.3, 0.4) is 0 Å². The van der Waals surface area contributed by atoms with Crippen LogP contribution in [0.2, 0.25) is 0 Å². The minimum atomic E-state index is -1.72. The van der Waals surface area contributed by atoms with Gasteiger partial charge < -0.3 is 9.47 Å². The predicted octanol–water partition coefficient (Wildman–Crippen LogP) is 3.11. The van der Waals surface area contributed by atoms with Crippen molar-refractivity contribution in [2.45, 2.75) is 51.6 Å². The lowest BCUT2D eigenvalue weighted by atomic mass is 9.68. The van der Waals surface area contributed by atoms with Crippen LogP contribution in [0.1, 0.15) is 40.5 Å². The molecule has 2 atom stereocenters. The fraction of sp³-hybridized carbons (Fsp3) is 0.750. The fourth-order valence-electron chi connectivity index (χ4n) is 2.88. The van der Waals surface area contributed by atoms with Crippen molar-refractivity contribution >= 4 is 46.7 Å². The number of nitrogens with zero attached hydrogens (tertiary/aromatic N) is 2. The smallest absolute Gasteiger partial charge is 0.337 e. The van der Waals surface area contributed by atoms with Gasteiger partial charge in [0.15, 0.2) is 0 Å². The van der Waals surface area contributed by atoms with Crippen molar-refractivity contribution in [1.29, 1.82) is 0 Å². The number of methoxy groups -OCH3 is 2. The molecule has 0 aromatic carbocycles. The summed E-state index contributed by atoms with van der Waals surface area (Å²) >= 11 is 9.49. The molecule has 0 aromatic rings. The highest BCUT2D eigenvalue weighted by atomic mass is 32.1. The lowest BCUT2D eigenvalue weighted by Gasteiger charge is -2.41. The van der Waals surface area contributed by atoms with E-state index in [9.17, 15) is 9.59 Å². The molecule has 0 aliphatic carbocycles.